The average Bonchev–Trinajstić information content (AvgIpc) is 2.60. The summed E-state index contributed by atoms with van der Waals surface area (Å²) in [7, 11) is 1.83. The number of carbonyl (C=O) groups is 1. The van der Waals surface area contributed by atoms with E-state index in [0.717, 1.165) is 11.0 Å². The fourth-order valence-corrected chi connectivity index (χ4v) is 2.63. The van der Waals surface area contributed by atoms with Crippen molar-refractivity contribution < 1.29 is 4.79 Å². The Hall–Kier alpha value is -0.390. The van der Waals surface area contributed by atoms with Crippen molar-refractivity contribution in [2.75, 3.05) is 20.1 Å². The Morgan fingerprint density at radius 2 is 2.40 bits per heavy atom. The van der Waals surface area contributed by atoms with E-state index in [2.05, 4.69) is 21.2 Å². The van der Waals surface area contributed by atoms with Crippen LogP contribution in [0.3, 0.4) is 0 Å². The second-order valence-corrected chi connectivity index (χ2v) is 5.17. The molecule has 1 heterocycles. The first-order valence-corrected chi connectivity index (χ1v) is 6.48. The molecule has 1 aromatic heterocycles. The van der Waals surface area contributed by atoms with E-state index < -0.39 is 0 Å². The van der Waals surface area contributed by atoms with Crippen LogP contribution in [0.15, 0.2) is 15.9 Å². The third-order valence-electron chi connectivity index (χ3n) is 1.97. The molecule has 5 heteroatoms. The normalized spacial score (nSPS) is 10.3. The maximum atomic E-state index is 11.6. The molecule has 0 bridgehead atoms. The summed E-state index contributed by atoms with van der Waals surface area (Å²) in [6, 6.07) is 2.04. The van der Waals surface area contributed by atoms with Crippen molar-refractivity contribution in [3.63, 3.8) is 0 Å². The smallest absolute Gasteiger partial charge is 0.236 e. The fraction of sp³-hybridized carbons (Fsp3) is 0.500. The van der Waals surface area contributed by atoms with Crippen molar-refractivity contribution in [3.05, 3.63) is 20.8 Å². The van der Waals surface area contributed by atoms with Gasteiger partial charge in [0.1, 0.15) is 0 Å². The van der Waals surface area contributed by atoms with E-state index in [9.17, 15) is 4.79 Å². The monoisotopic (exact) mass is 290 g/mol. The SMILES string of the molecule is CCNCC(=O)N(C)Cc1cc(Br)cs1. The molecule has 0 atom stereocenters. The van der Waals surface area contributed by atoms with Crippen LogP contribution in [-0.4, -0.2) is 30.9 Å². The second-order valence-electron chi connectivity index (χ2n) is 3.26. The van der Waals surface area contributed by atoms with Crippen molar-refractivity contribution in [1.29, 1.82) is 0 Å². The van der Waals surface area contributed by atoms with Crippen molar-refractivity contribution in [2.45, 2.75) is 13.5 Å². The van der Waals surface area contributed by atoms with Gasteiger partial charge in [0.05, 0.1) is 13.1 Å². The molecule has 0 aliphatic heterocycles. The molecule has 15 heavy (non-hydrogen) atoms. The van der Waals surface area contributed by atoms with Gasteiger partial charge >= 0.3 is 0 Å². The van der Waals surface area contributed by atoms with Gasteiger partial charge in [-0.05, 0) is 28.5 Å². The quantitative estimate of drug-likeness (QED) is 0.901. The molecular weight excluding hydrogens is 276 g/mol. The zero-order valence-electron chi connectivity index (χ0n) is 8.92. The lowest BCUT2D eigenvalue weighted by Gasteiger charge is -2.16. The Balaban J connectivity index is 2.41. The molecule has 84 valence electrons. The highest BCUT2D eigenvalue weighted by Crippen LogP contribution is 2.20. The van der Waals surface area contributed by atoms with Gasteiger partial charge in [-0.25, -0.2) is 0 Å². The van der Waals surface area contributed by atoms with Crippen LogP contribution >= 0.6 is 27.3 Å². The topological polar surface area (TPSA) is 32.3 Å². The Morgan fingerprint density at radius 3 is 2.93 bits per heavy atom. The standard InChI is InChI=1S/C10H15BrN2OS/c1-3-12-5-10(14)13(2)6-9-4-8(11)7-15-9/h4,7,12H,3,5-6H2,1-2H3. The lowest BCUT2D eigenvalue weighted by Crippen LogP contribution is -2.34. The summed E-state index contributed by atoms with van der Waals surface area (Å²) in [6.07, 6.45) is 0. The minimum absolute atomic E-state index is 0.126. The predicted octanol–water partition coefficient (Wildman–Crippen LogP) is 2.08. The summed E-state index contributed by atoms with van der Waals surface area (Å²) >= 11 is 5.05. The van der Waals surface area contributed by atoms with Crippen molar-refractivity contribution >= 4 is 33.2 Å². The summed E-state index contributed by atoms with van der Waals surface area (Å²) in [4.78, 5) is 14.5. The molecule has 0 aromatic carbocycles. The van der Waals surface area contributed by atoms with Crippen molar-refractivity contribution in [3.8, 4) is 0 Å². The number of hydrogen-bond donors (Lipinski definition) is 1. The van der Waals surface area contributed by atoms with Gasteiger partial charge in [0.2, 0.25) is 5.91 Å². The molecule has 0 unspecified atom stereocenters. The molecular formula is C10H15BrN2OS. The number of halogens is 1. The average molecular weight is 291 g/mol. The van der Waals surface area contributed by atoms with Gasteiger partial charge in [-0.2, -0.15) is 0 Å². The number of amides is 1. The van der Waals surface area contributed by atoms with Crippen LogP contribution in [0, 0.1) is 0 Å². The van der Waals surface area contributed by atoms with Crippen LogP contribution < -0.4 is 5.32 Å². The Morgan fingerprint density at radius 1 is 1.67 bits per heavy atom. The third-order valence-corrected chi connectivity index (χ3v) is 3.65. The van der Waals surface area contributed by atoms with E-state index in [-0.39, 0.29) is 5.91 Å². The molecule has 1 N–H and O–H groups in total. The van der Waals surface area contributed by atoms with Gasteiger partial charge in [-0.15, -0.1) is 11.3 Å². The highest BCUT2D eigenvalue weighted by Gasteiger charge is 2.09. The van der Waals surface area contributed by atoms with Crippen LogP contribution in [0.2, 0.25) is 0 Å². The van der Waals surface area contributed by atoms with Gasteiger partial charge in [0.15, 0.2) is 0 Å². The molecule has 0 spiro atoms. The maximum absolute atomic E-state index is 11.6. The van der Waals surface area contributed by atoms with Gasteiger partial charge in [0, 0.05) is 21.8 Å². The molecule has 0 saturated carbocycles. The van der Waals surface area contributed by atoms with Crippen molar-refractivity contribution in [1.82, 2.24) is 10.2 Å². The number of nitrogens with zero attached hydrogens (tertiary/aromatic N) is 1. The third kappa shape index (κ3) is 4.32. The van der Waals surface area contributed by atoms with E-state index in [1.165, 1.54) is 4.88 Å². The van der Waals surface area contributed by atoms with Crippen LogP contribution in [-0.2, 0) is 11.3 Å². The number of hydrogen-bond acceptors (Lipinski definition) is 3. The molecule has 1 aromatic rings. The number of carbonyl (C=O) groups excluding carboxylic acids is 1. The van der Waals surface area contributed by atoms with Crippen LogP contribution in [0.4, 0.5) is 0 Å². The van der Waals surface area contributed by atoms with Gasteiger partial charge in [-0.3, -0.25) is 4.79 Å². The van der Waals surface area contributed by atoms with Crippen LogP contribution in [0.25, 0.3) is 0 Å². The first kappa shape index (κ1) is 12.7. The summed E-state index contributed by atoms with van der Waals surface area (Å²) in [5.41, 5.74) is 0. The molecule has 0 aliphatic carbocycles. The van der Waals surface area contributed by atoms with E-state index in [1.54, 1.807) is 16.2 Å². The van der Waals surface area contributed by atoms with E-state index >= 15 is 0 Å². The van der Waals surface area contributed by atoms with E-state index in [4.69, 9.17) is 0 Å². The Labute approximate surface area is 103 Å². The minimum Gasteiger partial charge on any atom is -0.340 e. The molecule has 1 rings (SSSR count). The Kier molecular flexibility index (Phi) is 5.28. The van der Waals surface area contributed by atoms with E-state index in [0.29, 0.717) is 13.1 Å². The maximum Gasteiger partial charge on any atom is 0.236 e. The molecule has 0 radical (unpaired) electrons. The first-order valence-electron chi connectivity index (χ1n) is 4.81. The molecule has 0 fully saturated rings. The number of thiophene rings is 1. The summed E-state index contributed by atoms with van der Waals surface area (Å²) in [5.74, 6) is 0.126. The highest BCUT2D eigenvalue weighted by molar-refractivity contribution is 9.10. The predicted molar refractivity (Wildman–Crippen MR) is 67.0 cm³/mol. The van der Waals surface area contributed by atoms with Gasteiger partial charge in [-0.1, -0.05) is 6.92 Å². The molecule has 3 nitrogen and oxygen atoms in total. The zero-order chi connectivity index (χ0) is 11.3. The summed E-state index contributed by atoms with van der Waals surface area (Å²) in [5, 5.41) is 5.05. The lowest BCUT2D eigenvalue weighted by molar-refractivity contribution is -0.129. The number of nitrogens with one attached hydrogen (secondary N) is 1. The minimum atomic E-state index is 0.126. The molecule has 0 saturated heterocycles. The van der Waals surface area contributed by atoms with Crippen molar-refractivity contribution in [2.24, 2.45) is 0 Å². The number of likely N-dealkylation sites (N-methyl/N-ethyl adjacent to an activating group) is 2. The lowest BCUT2D eigenvalue weighted by atomic mass is 10.4. The highest BCUT2D eigenvalue weighted by atomic mass is 79.9. The van der Waals surface area contributed by atoms with Crippen LogP contribution in [0.1, 0.15) is 11.8 Å². The number of rotatable bonds is 5. The summed E-state index contributed by atoms with van der Waals surface area (Å²) < 4.78 is 1.08. The fourth-order valence-electron chi connectivity index (χ4n) is 1.13. The van der Waals surface area contributed by atoms with E-state index in [1.807, 2.05) is 25.4 Å². The largest absolute Gasteiger partial charge is 0.340 e. The van der Waals surface area contributed by atoms with Gasteiger partial charge in [0.25, 0.3) is 0 Å². The van der Waals surface area contributed by atoms with Crippen LogP contribution in [0.5, 0.6) is 0 Å². The Bertz CT molecular complexity index is 327. The molecule has 1 amide bonds. The molecule has 0 aliphatic rings. The second kappa shape index (κ2) is 6.25. The zero-order valence-corrected chi connectivity index (χ0v) is 11.3. The first-order chi connectivity index (χ1) is 7.13. The van der Waals surface area contributed by atoms with Gasteiger partial charge < -0.3 is 10.2 Å². The summed E-state index contributed by atoms with van der Waals surface area (Å²) in [6.45, 7) is 3.91.